The van der Waals surface area contributed by atoms with Gasteiger partial charge in [-0.05, 0) is 44.7 Å². The molecular weight excluding hydrogens is 455 g/mol. The van der Waals surface area contributed by atoms with E-state index in [0.717, 1.165) is 38.4 Å². The van der Waals surface area contributed by atoms with E-state index in [4.69, 9.17) is 4.74 Å². The molecule has 2 N–H and O–H groups in total. The first-order chi connectivity index (χ1) is 12.3. The van der Waals surface area contributed by atoms with Crippen LogP contribution in [0.15, 0.2) is 29.3 Å². The van der Waals surface area contributed by atoms with Gasteiger partial charge in [-0.3, -0.25) is 4.99 Å². The molecule has 1 heterocycles. The van der Waals surface area contributed by atoms with Crippen molar-refractivity contribution >= 4 is 36.0 Å². The van der Waals surface area contributed by atoms with Crippen LogP contribution in [0, 0.1) is 0 Å². The summed E-state index contributed by atoms with van der Waals surface area (Å²) in [5.41, 5.74) is 2.16. The minimum atomic E-state index is -0.480. The van der Waals surface area contributed by atoms with Crippen LogP contribution in [0.5, 0.6) is 0 Å². The number of amides is 1. The zero-order valence-corrected chi connectivity index (χ0v) is 19.4. The van der Waals surface area contributed by atoms with Crippen molar-refractivity contribution in [3.8, 4) is 0 Å². The van der Waals surface area contributed by atoms with Gasteiger partial charge in [0.15, 0.2) is 5.96 Å². The van der Waals surface area contributed by atoms with Crippen LogP contribution < -0.4 is 10.6 Å². The van der Waals surface area contributed by atoms with E-state index in [1.165, 1.54) is 11.1 Å². The van der Waals surface area contributed by atoms with Crippen LogP contribution in [0.1, 0.15) is 45.2 Å². The number of nitrogens with zero attached hydrogens (tertiary/aromatic N) is 2. The number of carbonyl (C=O) groups is 1. The molecule has 0 aromatic heterocycles. The molecule has 1 aliphatic rings. The Morgan fingerprint density at radius 2 is 1.96 bits per heavy atom. The van der Waals surface area contributed by atoms with E-state index in [1.54, 1.807) is 7.05 Å². The minimum Gasteiger partial charge on any atom is -0.444 e. The molecular formula is C20H33IN4O2. The lowest BCUT2D eigenvalue weighted by atomic mass is 10.1. The molecule has 1 aromatic rings. The number of aliphatic imine (C=N–C) groups is 1. The summed E-state index contributed by atoms with van der Waals surface area (Å²) in [4.78, 5) is 18.5. The van der Waals surface area contributed by atoms with Crippen molar-refractivity contribution in [1.29, 1.82) is 0 Å². The van der Waals surface area contributed by atoms with Crippen molar-refractivity contribution in [1.82, 2.24) is 15.5 Å². The summed E-state index contributed by atoms with van der Waals surface area (Å²) in [6, 6.07) is 8.53. The number of guanidine groups is 1. The van der Waals surface area contributed by atoms with Gasteiger partial charge >= 0.3 is 6.09 Å². The fourth-order valence-electron chi connectivity index (χ4n) is 3.13. The number of benzene rings is 1. The quantitative estimate of drug-likeness (QED) is 0.387. The van der Waals surface area contributed by atoms with Gasteiger partial charge in [-0.2, -0.15) is 0 Å². The van der Waals surface area contributed by atoms with Gasteiger partial charge < -0.3 is 20.3 Å². The Labute approximate surface area is 180 Å². The first-order valence-electron chi connectivity index (χ1n) is 9.34. The topological polar surface area (TPSA) is 66.0 Å². The van der Waals surface area contributed by atoms with Crippen LogP contribution >= 0.6 is 24.0 Å². The number of rotatable bonds is 4. The summed E-state index contributed by atoms with van der Waals surface area (Å²) >= 11 is 0. The summed E-state index contributed by atoms with van der Waals surface area (Å²) < 4.78 is 5.34. The molecule has 0 saturated carbocycles. The van der Waals surface area contributed by atoms with Crippen LogP contribution in [-0.4, -0.2) is 48.7 Å². The third kappa shape index (κ3) is 7.56. The fourth-order valence-corrected chi connectivity index (χ4v) is 3.13. The van der Waals surface area contributed by atoms with Crippen LogP contribution in [-0.2, 0) is 17.7 Å². The summed E-state index contributed by atoms with van der Waals surface area (Å²) in [6.07, 6.45) is 1.54. The van der Waals surface area contributed by atoms with Gasteiger partial charge in [0.25, 0.3) is 0 Å². The Morgan fingerprint density at radius 1 is 1.30 bits per heavy atom. The lowest BCUT2D eigenvalue weighted by Crippen LogP contribution is -2.44. The highest BCUT2D eigenvalue weighted by Crippen LogP contribution is 2.13. The largest absolute Gasteiger partial charge is 0.444 e. The fraction of sp³-hybridized carbons (Fsp3) is 0.600. The molecule has 1 fully saturated rings. The lowest BCUT2D eigenvalue weighted by Gasteiger charge is -2.23. The van der Waals surface area contributed by atoms with E-state index >= 15 is 0 Å². The maximum atomic E-state index is 11.9. The van der Waals surface area contributed by atoms with E-state index < -0.39 is 5.60 Å². The van der Waals surface area contributed by atoms with Gasteiger partial charge in [0, 0.05) is 26.7 Å². The normalized spacial score (nSPS) is 17.3. The molecule has 0 radical (unpaired) electrons. The summed E-state index contributed by atoms with van der Waals surface area (Å²) in [5.74, 6) is 0.865. The summed E-state index contributed by atoms with van der Waals surface area (Å²) in [7, 11) is 1.79. The average Bonchev–Trinajstić information content (AvgIpc) is 3.02. The number of ether oxygens (including phenoxy) is 1. The van der Waals surface area contributed by atoms with E-state index in [0.29, 0.717) is 0 Å². The smallest absolute Gasteiger partial charge is 0.407 e. The number of hydrogen-bond donors (Lipinski definition) is 2. The van der Waals surface area contributed by atoms with Gasteiger partial charge in [0.05, 0.1) is 6.04 Å². The van der Waals surface area contributed by atoms with E-state index in [-0.39, 0.29) is 36.1 Å². The second-order valence-electron chi connectivity index (χ2n) is 7.60. The zero-order chi connectivity index (χ0) is 19.2. The molecule has 6 nitrogen and oxygen atoms in total. The molecule has 1 saturated heterocycles. The third-order valence-electron chi connectivity index (χ3n) is 4.36. The highest BCUT2D eigenvalue weighted by atomic mass is 127. The Hall–Kier alpha value is -1.51. The first kappa shape index (κ1) is 23.5. The molecule has 7 heteroatoms. The molecule has 1 aromatic carbocycles. The second-order valence-corrected chi connectivity index (χ2v) is 7.60. The summed E-state index contributed by atoms with van der Waals surface area (Å²) in [5, 5.41) is 6.40. The monoisotopic (exact) mass is 488 g/mol. The van der Waals surface area contributed by atoms with Gasteiger partial charge in [-0.1, -0.05) is 31.2 Å². The number of likely N-dealkylation sites (tertiary alicyclic amines) is 1. The number of hydrogen-bond acceptors (Lipinski definition) is 3. The first-order valence-corrected chi connectivity index (χ1v) is 9.34. The molecule has 0 spiro atoms. The molecule has 1 unspecified atom stereocenters. The molecule has 27 heavy (non-hydrogen) atoms. The van der Waals surface area contributed by atoms with Crippen molar-refractivity contribution in [2.45, 2.75) is 58.7 Å². The predicted molar refractivity (Wildman–Crippen MR) is 121 cm³/mol. The van der Waals surface area contributed by atoms with Crippen molar-refractivity contribution in [3.05, 3.63) is 35.4 Å². The van der Waals surface area contributed by atoms with Crippen LogP contribution in [0.25, 0.3) is 0 Å². The molecule has 0 bridgehead atoms. The molecule has 1 amide bonds. The maximum absolute atomic E-state index is 11.9. The van der Waals surface area contributed by atoms with Crippen LogP contribution in [0.4, 0.5) is 4.79 Å². The van der Waals surface area contributed by atoms with Crippen molar-refractivity contribution < 1.29 is 9.53 Å². The van der Waals surface area contributed by atoms with E-state index in [2.05, 4.69) is 51.7 Å². The van der Waals surface area contributed by atoms with E-state index in [9.17, 15) is 4.79 Å². The molecule has 1 atom stereocenters. The molecule has 152 valence electrons. The third-order valence-corrected chi connectivity index (χ3v) is 4.36. The predicted octanol–water partition coefficient (Wildman–Crippen LogP) is 3.54. The molecule has 2 rings (SSSR count). The number of halogens is 1. The Morgan fingerprint density at radius 3 is 2.56 bits per heavy atom. The SMILES string of the molecule is CCc1ccccc1CNC(=NC)N1CCC(NC(=O)OC(C)(C)C)C1.I. The maximum Gasteiger partial charge on any atom is 0.407 e. The molecule has 0 aliphatic carbocycles. The van der Waals surface area contributed by atoms with Crippen LogP contribution in [0.3, 0.4) is 0 Å². The van der Waals surface area contributed by atoms with Gasteiger partial charge in [0.1, 0.15) is 5.60 Å². The molecule has 1 aliphatic heterocycles. The second kappa shape index (κ2) is 10.7. The Bertz CT molecular complexity index is 643. The van der Waals surface area contributed by atoms with Gasteiger partial charge in [-0.25, -0.2) is 4.79 Å². The number of aryl methyl sites for hydroxylation is 1. The Kier molecular flexibility index (Phi) is 9.35. The highest BCUT2D eigenvalue weighted by molar-refractivity contribution is 14.0. The van der Waals surface area contributed by atoms with Crippen molar-refractivity contribution in [3.63, 3.8) is 0 Å². The number of carbonyl (C=O) groups excluding carboxylic acids is 1. The number of alkyl carbamates (subject to hydrolysis) is 1. The van der Waals surface area contributed by atoms with Gasteiger partial charge in [0.2, 0.25) is 0 Å². The van der Waals surface area contributed by atoms with Gasteiger partial charge in [-0.15, -0.1) is 24.0 Å². The van der Waals surface area contributed by atoms with Crippen molar-refractivity contribution in [2.24, 2.45) is 4.99 Å². The average molecular weight is 488 g/mol. The standard InChI is InChI=1S/C20H32N4O2.HI/c1-6-15-9-7-8-10-16(15)13-22-18(21-5)24-12-11-17(14-24)23-19(25)26-20(2,3)4;/h7-10,17H,6,11-14H2,1-5H3,(H,21,22)(H,23,25);1H. The number of nitrogens with one attached hydrogen (secondary N) is 2. The summed E-state index contributed by atoms with van der Waals surface area (Å²) in [6.45, 7) is 10.1. The van der Waals surface area contributed by atoms with Crippen LogP contribution in [0.2, 0.25) is 0 Å². The van der Waals surface area contributed by atoms with E-state index in [1.807, 2.05) is 20.8 Å². The van der Waals surface area contributed by atoms with Crippen molar-refractivity contribution in [2.75, 3.05) is 20.1 Å². The zero-order valence-electron chi connectivity index (χ0n) is 17.0. The minimum absolute atomic E-state index is 0. The Balaban J connectivity index is 0.00000364. The lowest BCUT2D eigenvalue weighted by molar-refractivity contribution is 0.0507. The highest BCUT2D eigenvalue weighted by Gasteiger charge is 2.27.